The fourth-order valence-electron chi connectivity index (χ4n) is 2.00. The summed E-state index contributed by atoms with van der Waals surface area (Å²) in [6.45, 7) is 2.69. The molecule has 0 aliphatic heterocycles. The van der Waals surface area contributed by atoms with E-state index >= 15 is 0 Å². The normalized spacial score (nSPS) is 12.4. The third-order valence-corrected chi connectivity index (χ3v) is 5.91. The van der Waals surface area contributed by atoms with E-state index in [0.29, 0.717) is 0 Å². The van der Waals surface area contributed by atoms with Crippen LogP contribution in [0.15, 0.2) is 45.1 Å². The highest BCUT2D eigenvalue weighted by molar-refractivity contribution is 9.10. The summed E-state index contributed by atoms with van der Waals surface area (Å²) in [5.74, 6) is 0.0135. The first-order valence-corrected chi connectivity index (χ1v) is 9.78. The Bertz CT molecular complexity index is 645. The number of nitrogens with one attached hydrogen (secondary N) is 1. The lowest BCUT2D eigenvalue weighted by molar-refractivity contribution is -0.120. The fourth-order valence-corrected chi connectivity index (χ4v) is 4.07. The molecule has 118 valence electrons. The first-order valence-electron chi connectivity index (χ1n) is 6.88. The van der Waals surface area contributed by atoms with Crippen LogP contribution in [0.1, 0.15) is 11.8 Å². The Balaban J connectivity index is 1.99. The number of thiophene rings is 1. The molecule has 1 N–H and O–H groups in total. The van der Waals surface area contributed by atoms with Crippen LogP contribution in [0.25, 0.3) is 0 Å². The van der Waals surface area contributed by atoms with Gasteiger partial charge in [-0.15, -0.1) is 23.1 Å². The zero-order chi connectivity index (χ0) is 16.1. The quantitative estimate of drug-likeness (QED) is 0.716. The maximum absolute atomic E-state index is 12.4. The molecule has 1 aromatic carbocycles. The molecule has 0 saturated heterocycles. The van der Waals surface area contributed by atoms with Crippen LogP contribution in [0.4, 0.5) is 5.69 Å². The highest BCUT2D eigenvalue weighted by atomic mass is 79.9. The highest BCUT2D eigenvalue weighted by Crippen LogP contribution is 2.25. The van der Waals surface area contributed by atoms with E-state index in [0.717, 1.165) is 21.6 Å². The third kappa shape index (κ3) is 4.59. The molecule has 0 aliphatic rings. The van der Waals surface area contributed by atoms with Gasteiger partial charge >= 0.3 is 0 Å². The Morgan fingerprint density at radius 1 is 1.45 bits per heavy atom. The van der Waals surface area contributed by atoms with Crippen LogP contribution in [0.2, 0.25) is 0 Å². The van der Waals surface area contributed by atoms with Gasteiger partial charge in [0.2, 0.25) is 5.91 Å². The summed E-state index contributed by atoms with van der Waals surface area (Å²) in [4.78, 5) is 16.8. The summed E-state index contributed by atoms with van der Waals surface area (Å²) in [5, 5.41) is 5.08. The Kier molecular flexibility index (Phi) is 6.50. The number of hydrogen-bond donors (Lipinski definition) is 1. The van der Waals surface area contributed by atoms with Crippen molar-refractivity contribution in [2.75, 3.05) is 18.6 Å². The van der Waals surface area contributed by atoms with Gasteiger partial charge in [-0.2, -0.15) is 0 Å². The molecule has 6 heteroatoms. The van der Waals surface area contributed by atoms with Crippen molar-refractivity contribution in [2.24, 2.45) is 0 Å². The predicted octanol–water partition coefficient (Wildman–Crippen LogP) is 4.69. The smallest absolute Gasteiger partial charge is 0.241 e. The summed E-state index contributed by atoms with van der Waals surface area (Å²) in [5.41, 5.74) is 0.874. The van der Waals surface area contributed by atoms with E-state index in [-0.39, 0.29) is 11.9 Å². The summed E-state index contributed by atoms with van der Waals surface area (Å²) in [7, 11) is 1.97. The number of thioether (sulfide) groups is 1. The Hall–Kier alpha value is -0.820. The minimum atomic E-state index is -0.198. The van der Waals surface area contributed by atoms with Crippen molar-refractivity contribution < 1.29 is 4.79 Å². The zero-order valence-electron chi connectivity index (χ0n) is 12.8. The molecule has 1 heterocycles. The lowest BCUT2D eigenvalue weighted by Crippen LogP contribution is -2.39. The minimum Gasteiger partial charge on any atom is -0.324 e. The lowest BCUT2D eigenvalue weighted by Gasteiger charge is -2.23. The maximum atomic E-state index is 12.4. The van der Waals surface area contributed by atoms with E-state index in [2.05, 4.69) is 37.6 Å². The number of rotatable bonds is 6. The van der Waals surface area contributed by atoms with Gasteiger partial charge in [-0.25, -0.2) is 0 Å². The van der Waals surface area contributed by atoms with E-state index in [1.54, 1.807) is 23.1 Å². The van der Waals surface area contributed by atoms with Crippen LogP contribution in [-0.2, 0) is 11.3 Å². The number of likely N-dealkylation sites (N-methyl/N-ethyl adjacent to an activating group) is 1. The molecule has 0 saturated carbocycles. The van der Waals surface area contributed by atoms with Crippen molar-refractivity contribution >= 4 is 50.6 Å². The molecular weight excluding hydrogens is 380 g/mol. The number of amides is 1. The molecule has 1 amide bonds. The van der Waals surface area contributed by atoms with Crippen LogP contribution < -0.4 is 5.32 Å². The third-order valence-electron chi connectivity index (χ3n) is 3.43. The topological polar surface area (TPSA) is 32.3 Å². The number of nitrogens with zero attached hydrogens (tertiary/aromatic N) is 1. The molecule has 0 bridgehead atoms. The summed E-state index contributed by atoms with van der Waals surface area (Å²) in [6, 6.07) is 9.76. The molecule has 1 atom stereocenters. The van der Waals surface area contributed by atoms with Crippen molar-refractivity contribution in [3.8, 4) is 0 Å². The second-order valence-corrected chi connectivity index (χ2v) is 7.77. The molecule has 1 unspecified atom stereocenters. The van der Waals surface area contributed by atoms with Crippen LogP contribution in [-0.4, -0.2) is 30.2 Å². The predicted molar refractivity (Wildman–Crippen MR) is 99.8 cm³/mol. The van der Waals surface area contributed by atoms with Gasteiger partial charge in [0.05, 0.1) is 11.7 Å². The van der Waals surface area contributed by atoms with Crippen molar-refractivity contribution in [3.05, 3.63) is 45.1 Å². The first-order chi connectivity index (χ1) is 10.5. The first kappa shape index (κ1) is 17.5. The second kappa shape index (κ2) is 8.15. The average molecular weight is 399 g/mol. The van der Waals surface area contributed by atoms with Gasteiger partial charge in [-0.1, -0.05) is 12.1 Å². The zero-order valence-corrected chi connectivity index (χ0v) is 16.0. The van der Waals surface area contributed by atoms with Gasteiger partial charge in [0, 0.05) is 26.2 Å². The molecule has 0 aliphatic carbocycles. The van der Waals surface area contributed by atoms with Crippen molar-refractivity contribution in [1.29, 1.82) is 0 Å². The molecular formula is C16H19BrN2OS2. The summed E-state index contributed by atoms with van der Waals surface area (Å²) in [6.07, 6.45) is 2.01. The number of anilines is 1. The molecule has 3 nitrogen and oxygen atoms in total. The van der Waals surface area contributed by atoms with Crippen molar-refractivity contribution in [1.82, 2.24) is 4.90 Å². The van der Waals surface area contributed by atoms with Gasteiger partial charge in [0.1, 0.15) is 0 Å². The van der Waals surface area contributed by atoms with Gasteiger partial charge in [-0.3, -0.25) is 9.69 Å². The minimum absolute atomic E-state index is 0.0135. The van der Waals surface area contributed by atoms with Gasteiger partial charge in [-0.05, 0) is 54.4 Å². The highest BCUT2D eigenvalue weighted by Gasteiger charge is 2.19. The largest absolute Gasteiger partial charge is 0.324 e. The number of carbonyl (C=O) groups excluding carboxylic acids is 1. The Morgan fingerprint density at radius 2 is 2.18 bits per heavy atom. The van der Waals surface area contributed by atoms with E-state index in [4.69, 9.17) is 0 Å². The van der Waals surface area contributed by atoms with E-state index in [9.17, 15) is 4.79 Å². The second-order valence-electron chi connectivity index (χ2n) is 5.01. The molecule has 1 aromatic heterocycles. The summed E-state index contributed by atoms with van der Waals surface area (Å²) >= 11 is 6.78. The molecule has 0 spiro atoms. The number of benzene rings is 1. The van der Waals surface area contributed by atoms with E-state index in [1.165, 1.54) is 4.88 Å². The van der Waals surface area contributed by atoms with Gasteiger partial charge in [0.15, 0.2) is 0 Å². The van der Waals surface area contributed by atoms with Crippen molar-refractivity contribution in [3.63, 3.8) is 0 Å². The Labute approximate surface area is 148 Å². The molecule has 22 heavy (non-hydrogen) atoms. The lowest BCUT2D eigenvalue weighted by atomic mass is 10.2. The molecule has 2 rings (SSSR count). The number of halogens is 1. The molecule has 0 fully saturated rings. The van der Waals surface area contributed by atoms with Gasteiger partial charge < -0.3 is 5.32 Å². The molecule has 0 radical (unpaired) electrons. The standard InChI is InChI=1S/C16H19BrN2OS2/c1-11(19(2)9-13-8-12(17)10-22-13)16(20)18-14-6-4-5-7-15(14)21-3/h4-8,10-11H,9H2,1-3H3,(H,18,20). The Morgan fingerprint density at radius 3 is 2.82 bits per heavy atom. The molecule has 2 aromatic rings. The van der Waals surface area contributed by atoms with Crippen LogP contribution >= 0.6 is 39.0 Å². The number of para-hydroxylation sites is 1. The van der Waals surface area contributed by atoms with E-state index < -0.39 is 0 Å². The number of hydrogen-bond acceptors (Lipinski definition) is 4. The average Bonchev–Trinajstić information content (AvgIpc) is 2.92. The van der Waals surface area contributed by atoms with E-state index in [1.807, 2.05) is 44.5 Å². The monoisotopic (exact) mass is 398 g/mol. The SMILES string of the molecule is CSc1ccccc1NC(=O)C(C)N(C)Cc1cc(Br)cs1. The number of carbonyl (C=O) groups is 1. The summed E-state index contributed by atoms with van der Waals surface area (Å²) < 4.78 is 1.09. The van der Waals surface area contributed by atoms with Crippen LogP contribution in [0, 0.1) is 0 Å². The maximum Gasteiger partial charge on any atom is 0.241 e. The van der Waals surface area contributed by atoms with Crippen molar-refractivity contribution in [2.45, 2.75) is 24.4 Å². The van der Waals surface area contributed by atoms with Crippen LogP contribution in [0.3, 0.4) is 0 Å². The van der Waals surface area contributed by atoms with Crippen LogP contribution in [0.5, 0.6) is 0 Å². The fraction of sp³-hybridized carbons (Fsp3) is 0.312. The van der Waals surface area contributed by atoms with Gasteiger partial charge in [0.25, 0.3) is 0 Å².